The lowest BCUT2D eigenvalue weighted by atomic mass is 9.82. The zero-order chi connectivity index (χ0) is 31.3. The monoisotopic (exact) mass is 612 g/mol. The molecule has 0 spiro atoms. The molecule has 3 aliphatic rings. The van der Waals surface area contributed by atoms with Crippen LogP contribution in [0.1, 0.15) is 28.7 Å². The number of carboxylic acids is 1. The standard InChI is InChI=1S/C31H32O13/c1-39-18-10-14(8-9-32)19-21-26(43-27(19)25(18)40-2)20-16(13-6-4-3-5-7-13)11-15(12-17(20)42-30(21)38)41-31-24(35)22(33)23(34)28(44-31)29(36)37/h3-7,10-12,21-24,26,28,30-35,38H,8-9H2,1-2H3,(H,36,37). The van der Waals surface area contributed by atoms with Gasteiger partial charge in [-0.05, 0) is 35.2 Å². The highest BCUT2D eigenvalue weighted by Gasteiger charge is 2.51. The van der Waals surface area contributed by atoms with E-state index in [0.29, 0.717) is 39.5 Å². The number of benzene rings is 3. The van der Waals surface area contributed by atoms with Gasteiger partial charge >= 0.3 is 5.97 Å². The van der Waals surface area contributed by atoms with Crippen LogP contribution in [-0.2, 0) is 16.0 Å². The third-order valence-electron chi connectivity index (χ3n) is 8.14. The van der Waals surface area contributed by atoms with Gasteiger partial charge in [0.2, 0.25) is 18.3 Å². The summed E-state index contributed by atoms with van der Waals surface area (Å²) in [5, 5.41) is 61.5. The Morgan fingerprint density at radius 1 is 0.909 bits per heavy atom. The molecule has 1 saturated heterocycles. The molecule has 3 heterocycles. The highest BCUT2D eigenvalue weighted by Crippen LogP contribution is 2.60. The van der Waals surface area contributed by atoms with E-state index in [1.165, 1.54) is 20.3 Å². The van der Waals surface area contributed by atoms with Crippen molar-refractivity contribution in [2.75, 3.05) is 20.8 Å². The molecule has 13 heteroatoms. The number of aliphatic hydroxyl groups excluding tert-OH is 5. The summed E-state index contributed by atoms with van der Waals surface area (Å²) in [5.74, 6) is -0.954. The smallest absolute Gasteiger partial charge is 0.335 e. The van der Waals surface area contributed by atoms with Gasteiger partial charge in [-0.2, -0.15) is 0 Å². The van der Waals surface area contributed by atoms with E-state index in [9.17, 15) is 35.4 Å². The van der Waals surface area contributed by atoms with E-state index < -0.39 is 55.0 Å². The van der Waals surface area contributed by atoms with Crippen LogP contribution in [0, 0.1) is 0 Å². The quantitative estimate of drug-likeness (QED) is 0.212. The second-order valence-corrected chi connectivity index (χ2v) is 10.7. The summed E-state index contributed by atoms with van der Waals surface area (Å²) < 4.78 is 34.9. The predicted molar refractivity (Wildman–Crippen MR) is 150 cm³/mol. The Morgan fingerprint density at radius 3 is 2.32 bits per heavy atom. The van der Waals surface area contributed by atoms with E-state index in [4.69, 9.17) is 28.4 Å². The Labute approximate surface area is 251 Å². The maximum Gasteiger partial charge on any atom is 0.335 e. The number of fused-ring (bicyclic) bond motifs is 5. The average molecular weight is 613 g/mol. The first-order valence-corrected chi connectivity index (χ1v) is 13.9. The average Bonchev–Trinajstić information content (AvgIpc) is 3.42. The highest BCUT2D eigenvalue weighted by molar-refractivity contribution is 5.75. The first-order chi connectivity index (χ1) is 21.2. The zero-order valence-corrected chi connectivity index (χ0v) is 23.7. The molecular formula is C31H32O13. The molecule has 0 amide bonds. The summed E-state index contributed by atoms with van der Waals surface area (Å²) in [5.41, 5.74) is 3.16. The second kappa shape index (κ2) is 11.8. The highest BCUT2D eigenvalue weighted by atomic mass is 16.7. The zero-order valence-electron chi connectivity index (χ0n) is 23.7. The minimum Gasteiger partial charge on any atom is -0.493 e. The maximum absolute atomic E-state index is 11.6. The normalized spacial score (nSPS) is 28.5. The molecule has 8 atom stereocenters. The lowest BCUT2D eigenvalue weighted by molar-refractivity contribution is -0.271. The number of hydrogen-bond donors (Lipinski definition) is 6. The number of ether oxygens (including phenoxy) is 6. The van der Waals surface area contributed by atoms with Crippen LogP contribution in [0.15, 0.2) is 48.5 Å². The molecular weight excluding hydrogens is 580 g/mol. The molecule has 13 nitrogen and oxygen atoms in total. The van der Waals surface area contributed by atoms with Crippen molar-refractivity contribution in [3.63, 3.8) is 0 Å². The fourth-order valence-corrected chi connectivity index (χ4v) is 6.12. The molecule has 0 aromatic heterocycles. The summed E-state index contributed by atoms with van der Waals surface area (Å²) in [4.78, 5) is 11.6. The molecule has 3 aromatic rings. The Kier molecular flexibility index (Phi) is 8.01. The van der Waals surface area contributed by atoms with Gasteiger partial charge in [0.05, 0.1) is 20.1 Å². The first-order valence-electron chi connectivity index (χ1n) is 13.9. The number of carbonyl (C=O) groups is 1. The Bertz CT molecular complexity index is 1540. The van der Waals surface area contributed by atoms with E-state index in [1.807, 2.05) is 30.3 Å². The molecule has 3 aliphatic heterocycles. The number of hydrogen-bond acceptors (Lipinski definition) is 12. The van der Waals surface area contributed by atoms with Gasteiger partial charge < -0.3 is 59.1 Å². The van der Waals surface area contributed by atoms with Gasteiger partial charge in [0, 0.05) is 23.8 Å². The number of rotatable bonds is 8. The van der Waals surface area contributed by atoms with Gasteiger partial charge in [-0.1, -0.05) is 30.3 Å². The SMILES string of the molecule is COc1cc(CCO)c2c(c1OC)OC1c3c(cc(OC4OC(C(=O)O)C(O)C(O)C4O)cc3-c3ccccc3)OC(O)C21. The number of aliphatic hydroxyl groups is 5. The maximum atomic E-state index is 11.6. The van der Waals surface area contributed by atoms with Crippen LogP contribution in [0.25, 0.3) is 11.1 Å². The van der Waals surface area contributed by atoms with Crippen LogP contribution in [0.4, 0.5) is 0 Å². The summed E-state index contributed by atoms with van der Waals surface area (Å²) in [6, 6.07) is 14.0. The predicted octanol–water partition coefficient (Wildman–Crippen LogP) is 1.10. The molecule has 234 valence electrons. The van der Waals surface area contributed by atoms with E-state index in [1.54, 1.807) is 12.1 Å². The van der Waals surface area contributed by atoms with Crippen LogP contribution < -0.4 is 23.7 Å². The van der Waals surface area contributed by atoms with E-state index in [-0.39, 0.29) is 24.5 Å². The molecule has 6 N–H and O–H groups in total. The molecule has 6 rings (SSSR count). The van der Waals surface area contributed by atoms with Crippen molar-refractivity contribution in [3.8, 4) is 39.9 Å². The Morgan fingerprint density at radius 2 is 1.66 bits per heavy atom. The number of methoxy groups -OCH3 is 2. The van der Waals surface area contributed by atoms with Crippen molar-refractivity contribution >= 4 is 5.97 Å². The molecule has 0 radical (unpaired) electrons. The van der Waals surface area contributed by atoms with E-state index >= 15 is 0 Å². The number of carboxylic acid groups (broad SMARTS) is 1. The van der Waals surface area contributed by atoms with Crippen LogP contribution >= 0.6 is 0 Å². The third kappa shape index (κ3) is 4.87. The van der Waals surface area contributed by atoms with Crippen LogP contribution in [0.3, 0.4) is 0 Å². The second-order valence-electron chi connectivity index (χ2n) is 10.7. The molecule has 8 unspecified atom stereocenters. The lowest BCUT2D eigenvalue weighted by Gasteiger charge is -2.39. The Hall–Kier alpha value is -4.11. The molecule has 0 saturated carbocycles. The molecule has 1 fully saturated rings. The van der Waals surface area contributed by atoms with Gasteiger partial charge in [0.15, 0.2) is 17.6 Å². The Balaban J connectivity index is 1.46. The topological polar surface area (TPSA) is 194 Å². The van der Waals surface area contributed by atoms with Crippen LogP contribution in [-0.4, -0.2) is 94.4 Å². The molecule has 0 aliphatic carbocycles. The fraction of sp³-hybridized carbons (Fsp3) is 0.387. The minimum absolute atomic E-state index is 0.0563. The van der Waals surface area contributed by atoms with Crippen LogP contribution in [0.5, 0.6) is 28.7 Å². The van der Waals surface area contributed by atoms with Gasteiger partial charge in [0.1, 0.15) is 35.9 Å². The van der Waals surface area contributed by atoms with Crippen LogP contribution in [0.2, 0.25) is 0 Å². The molecule has 3 aromatic carbocycles. The van der Waals surface area contributed by atoms with Gasteiger partial charge in [-0.15, -0.1) is 0 Å². The van der Waals surface area contributed by atoms with Gasteiger partial charge in [0.25, 0.3) is 0 Å². The van der Waals surface area contributed by atoms with Gasteiger partial charge in [-0.25, -0.2) is 4.79 Å². The lowest BCUT2D eigenvalue weighted by Crippen LogP contribution is -2.61. The van der Waals surface area contributed by atoms with Crippen molar-refractivity contribution < 1.29 is 63.9 Å². The largest absolute Gasteiger partial charge is 0.493 e. The minimum atomic E-state index is -1.88. The van der Waals surface area contributed by atoms with Crippen molar-refractivity contribution in [1.82, 2.24) is 0 Å². The van der Waals surface area contributed by atoms with Crippen molar-refractivity contribution in [2.45, 2.75) is 55.4 Å². The fourth-order valence-electron chi connectivity index (χ4n) is 6.12. The van der Waals surface area contributed by atoms with Crippen molar-refractivity contribution in [2.24, 2.45) is 0 Å². The van der Waals surface area contributed by atoms with Gasteiger partial charge in [-0.3, -0.25) is 0 Å². The third-order valence-corrected chi connectivity index (χ3v) is 8.14. The number of aliphatic carboxylic acids is 1. The summed E-state index contributed by atoms with van der Waals surface area (Å²) in [6.45, 7) is -0.160. The summed E-state index contributed by atoms with van der Waals surface area (Å²) in [7, 11) is 2.96. The molecule has 0 bridgehead atoms. The first kappa shape index (κ1) is 29.9. The summed E-state index contributed by atoms with van der Waals surface area (Å²) in [6.07, 6.45) is -11.0. The van der Waals surface area contributed by atoms with E-state index in [2.05, 4.69) is 0 Å². The van der Waals surface area contributed by atoms with Crippen molar-refractivity contribution in [3.05, 3.63) is 65.2 Å². The summed E-state index contributed by atoms with van der Waals surface area (Å²) >= 11 is 0. The van der Waals surface area contributed by atoms with E-state index in [0.717, 1.165) is 5.56 Å². The van der Waals surface area contributed by atoms with Crippen molar-refractivity contribution in [1.29, 1.82) is 0 Å². The molecule has 44 heavy (non-hydrogen) atoms.